The lowest BCUT2D eigenvalue weighted by molar-refractivity contribution is -0.120. The van der Waals surface area contributed by atoms with E-state index in [0.717, 1.165) is 16.7 Å². The number of amides is 3. The number of urea groups is 1. The summed E-state index contributed by atoms with van der Waals surface area (Å²) in [5, 5.41) is 5.05. The number of likely N-dealkylation sites (N-methyl/N-ethyl adjacent to an activating group) is 1. The number of methoxy groups -OCH3 is 2. The molecular formula is C21H27N3O4. The summed E-state index contributed by atoms with van der Waals surface area (Å²) in [5.41, 5.74) is 3.60. The van der Waals surface area contributed by atoms with E-state index in [0.29, 0.717) is 23.7 Å². The Kier molecular flexibility index (Phi) is 7.40. The van der Waals surface area contributed by atoms with Crippen molar-refractivity contribution in [2.24, 2.45) is 0 Å². The number of hydrogen-bond donors (Lipinski definition) is 2. The maximum absolute atomic E-state index is 12.2. The molecule has 0 spiro atoms. The Morgan fingerprint density at radius 1 is 1.07 bits per heavy atom. The number of imide groups is 1. The second-order valence-corrected chi connectivity index (χ2v) is 6.65. The van der Waals surface area contributed by atoms with Gasteiger partial charge in [-0.2, -0.15) is 0 Å². The summed E-state index contributed by atoms with van der Waals surface area (Å²) in [7, 11) is 4.94. The van der Waals surface area contributed by atoms with Crippen LogP contribution in [0.25, 0.3) is 0 Å². The lowest BCUT2D eigenvalue weighted by Gasteiger charge is -2.19. The van der Waals surface area contributed by atoms with Gasteiger partial charge in [0.05, 0.1) is 20.8 Å². The van der Waals surface area contributed by atoms with Crippen molar-refractivity contribution in [3.63, 3.8) is 0 Å². The highest BCUT2D eigenvalue weighted by Crippen LogP contribution is 2.31. The van der Waals surface area contributed by atoms with Crippen LogP contribution in [0.4, 0.5) is 10.5 Å². The Morgan fingerprint density at radius 3 is 2.46 bits per heavy atom. The van der Waals surface area contributed by atoms with Gasteiger partial charge in [0.25, 0.3) is 0 Å². The van der Waals surface area contributed by atoms with Gasteiger partial charge in [0.2, 0.25) is 5.91 Å². The summed E-state index contributed by atoms with van der Waals surface area (Å²) in [6.45, 7) is 4.40. The van der Waals surface area contributed by atoms with Crippen LogP contribution in [0.5, 0.6) is 11.5 Å². The van der Waals surface area contributed by atoms with Gasteiger partial charge in [0.1, 0.15) is 0 Å². The maximum Gasteiger partial charge on any atom is 0.325 e. The van der Waals surface area contributed by atoms with E-state index < -0.39 is 11.9 Å². The zero-order valence-electron chi connectivity index (χ0n) is 17.0. The summed E-state index contributed by atoms with van der Waals surface area (Å²) in [4.78, 5) is 26.1. The van der Waals surface area contributed by atoms with Crippen LogP contribution in [-0.4, -0.2) is 44.7 Å². The Hall–Kier alpha value is -3.06. The van der Waals surface area contributed by atoms with Gasteiger partial charge in [0, 0.05) is 17.8 Å². The number of ether oxygens (including phenoxy) is 2. The molecule has 7 nitrogen and oxygen atoms in total. The van der Waals surface area contributed by atoms with Crippen molar-refractivity contribution in [2.75, 3.05) is 33.1 Å². The molecule has 2 aromatic carbocycles. The average molecular weight is 385 g/mol. The van der Waals surface area contributed by atoms with Crippen LogP contribution in [0.1, 0.15) is 16.7 Å². The number of carbonyl (C=O) groups excluding carboxylic acids is 2. The summed E-state index contributed by atoms with van der Waals surface area (Å²) in [6, 6.07) is 10.7. The van der Waals surface area contributed by atoms with Gasteiger partial charge >= 0.3 is 6.03 Å². The molecule has 0 atom stereocenters. The molecule has 0 aliphatic rings. The molecule has 0 bridgehead atoms. The minimum Gasteiger partial charge on any atom is -0.493 e. The molecule has 0 saturated carbocycles. The van der Waals surface area contributed by atoms with Gasteiger partial charge in [-0.05, 0) is 38.6 Å². The van der Waals surface area contributed by atoms with Crippen molar-refractivity contribution in [1.29, 1.82) is 0 Å². The van der Waals surface area contributed by atoms with Crippen LogP contribution in [0.2, 0.25) is 0 Å². The third kappa shape index (κ3) is 5.72. The maximum atomic E-state index is 12.2. The third-order valence-corrected chi connectivity index (χ3v) is 4.22. The van der Waals surface area contributed by atoms with Crippen LogP contribution in [0.3, 0.4) is 0 Å². The SMILES string of the molecule is COc1cccc(CN(C)CC(=O)NC(=O)Nc2ccc(C)cc2C)c1OC. The van der Waals surface area contributed by atoms with Crippen LogP contribution in [0, 0.1) is 13.8 Å². The molecule has 28 heavy (non-hydrogen) atoms. The lowest BCUT2D eigenvalue weighted by Crippen LogP contribution is -2.40. The van der Waals surface area contributed by atoms with E-state index in [1.165, 1.54) is 0 Å². The van der Waals surface area contributed by atoms with Crippen molar-refractivity contribution < 1.29 is 19.1 Å². The highest BCUT2D eigenvalue weighted by molar-refractivity contribution is 6.02. The Morgan fingerprint density at radius 2 is 1.82 bits per heavy atom. The first-order valence-corrected chi connectivity index (χ1v) is 8.90. The van der Waals surface area contributed by atoms with Crippen molar-refractivity contribution >= 4 is 17.6 Å². The van der Waals surface area contributed by atoms with Gasteiger partial charge in [-0.15, -0.1) is 0 Å². The first kappa shape index (κ1) is 21.2. The Labute approximate surface area is 165 Å². The molecule has 0 aliphatic heterocycles. The Balaban J connectivity index is 1.91. The van der Waals surface area contributed by atoms with E-state index >= 15 is 0 Å². The quantitative estimate of drug-likeness (QED) is 0.766. The topological polar surface area (TPSA) is 79.9 Å². The van der Waals surface area contributed by atoms with Gasteiger partial charge in [-0.3, -0.25) is 15.0 Å². The number of anilines is 1. The summed E-state index contributed by atoms with van der Waals surface area (Å²) < 4.78 is 10.7. The van der Waals surface area contributed by atoms with Crippen LogP contribution < -0.4 is 20.1 Å². The van der Waals surface area contributed by atoms with Crippen LogP contribution >= 0.6 is 0 Å². The standard InChI is InChI=1S/C21H27N3O4/c1-14-9-10-17(15(2)11-14)22-21(26)23-19(25)13-24(3)12-16-7-6-8-18(27-4)20(16)28-5/h6-11H,12-13H2,1-5H3,(H2,22,23,25,26). The van der Waals surface area contributed by atoms with E-state index in [9.17, 15) is 9.59 Å². The fraction of sp³-hybridized carbons (Fsp3) is 0.333. The molecule has 0 fully saturated rings. The zero-order valence-corrected chi connectivity index (χ0v) is 17.0. The second-order valence-electron chi connectivity index (χ2n) is 6.65. The smallest absolute Gasteiger partial charge is 0.325 e. The highest BCUT2D eigenvalue weighted by Gasteiger charge is 2.15. The number of carbonyl (C=O) groups is 2. The van der Waals surface area contributed by atoms with Gasteiger partial charge < -0.3 is 14.8 Å². The molecular weight excluding hydrogens is 358 g/mol. The Bertz CT molecular complexity index is 852. The van der Waals surface area contributed by atoms with E-state index in [2.05, 4.69) is 10.6 Å². The highest BCUT2D eigenvalue weighted by atomic mass is 16.5. The molecule has 3 amide bonds. The van der Waals surface area contributed by atoms with Crippen molar-refractivity contribution in [2.45, 2.75) is 20.4 Å². The molecule has 2 aromatic rings. The van der Waals surface area contributed by atoms with Crippen LogP contribution in [0.15, 0.2) is 36.4 Å². The van der Waals surface area contributed by atoms with E-state index in [1.807, 2.05) is 50.2 Å². The minimum atomic E-state index is -0.552. The molecule has 0 aliphatic carbocycles. The van der Waals surface area contributed by atoms with Crippen LogP contribution in [-0.2, 0) is 11.3 Å². The summed E-state index contributed by atoms with van der Waals surface area (Å²) in [6.07, 6.45) is 0. The predicted molar refractivity (Wildman–Crippen MR) is 109 cm³/mol. The number of para-hydroxylation sites is 1. The molecule has 150 valence electrons. The number of rotatable bonds is 7. The van der Waals surface area contributed by atoms with Crippen molar-refractivity contribution in [3.05, 3.63) is 53.1 Å². The zero-order chi connectivity index (χ0) is 20.7. The number of hydrogen-bond acceptors (Lipinski definition) is 5. The number of aryl methyl sites for hydroxylation is 2. The van der Waals surface area contributed by atoms with Gasteiger partial charge in [-0.25, -0.2) is 4.79 Å². The molecule has 0 radical (unpaired) electrons. The number of nitrogens with zero attached hydrogens (tertiary/aromatic N) is 1. The van der Waals surface area contributed by atoms with E-state index in [4.69, 9.17) is 9.47 Å². The second kappa shape index (κ2) is 9.75. The molecule has 0 aromatic heterocycles. The van der Waals surface area contributed by atoms with Gasteiger partial charge in [0.15, 0.2) is 11.5 Å². The van der Waals surface area contributed by atoms with Gasteiger partial charge in [-0.1, -0.05) is 29.8 Å². The largest absolute Gasteiger partial charge is 0.493 e. The first-order valence-electron chi connectivity index (χ1n) is 8.90. The normalized spacial score (nSPS) is 10.5. The average Bonchev–Trinajstić information content (AvgIpc) is 2.63. The fourth-order valence-corrected chi connectivity index (χ4v) is 2.94. The molecule has 0 saturated heterocycles. The molecule has 2 N–H and O–H groups in total. The van der Waals surface area contributed by atoms with E-state index in [-0.39, 0.29) is 6.54 Å². The minimum absolute atomic E-state index is 0.0562. The first-order chi connectivity index (χ1) is 13.3. The van der Waals surface area contributed by atoms with Crippen molar-refractivity contribution in [1.82, 2.24) is 10.2 Å². The van der Waals surface area contributed by atoms with E-state index in [1.54, 1.807) is 26.2 Å². The lowest BCUT2D eigenvalue weighted by atomic mass is 10.1. The molecule has 2 rings (SSSR count). The summed E-state index contributed by atoms with van der Waals surface area (Å²) in [5.74, 6) is 0.863. The summed E-state index contributed by atoms with van der Waals surface area (Å²) >= 11 is 0. The monoisotopic (exact) mass is 385 g/mol. The molecule has 0 heterocycles. The predicted octanol–water partition coefficient (Wildman–Crippen LogP) is 3.10. The molecule has 0 unspecified atom stereocenters. The number of benzene rings is 2. The van der Waals surface area contributed by atoms with Crippen molar-refractivity contribution in [3.8, 4) is 11.5 Å². The third-order valence-electron chi connectivity index (χ3n) is 4.22. The fourth-order valence-electron chi connectivity index (χ4n) is 2.94. The number of nitrogens with one attached hydrogen (secondary N) is 2. The molecule has 7 heteroatoms.